The first-order valence-electron chi connectivity index (χ1n) is 8.52. The van der Waals surface area contributed by atoms with Crippen LogP contribution in [0.4, 0.5) is 0 Å². The summed E-state index contributed by atoms with van der Waals surface area (Å²) in [6, 6.07) is 26.1. The highest BCUT2D eigenvalue weighted by atomic mass is 32.2. The monoisotopic (exact) mass is 389 g/mol. The number of hydrogen-bond acceptors (Lipinski definition) is 4. The van der Waals surface area contributed by atoms with Crippen LogP contribution in [-0.4, -0.2) is 8.76 Å². The van der Waals surface area contributed by atoms with E-state index in [2.05, 4.69) is 0 Å². The maximum absolute atomic E-state index is 12.3. The molecule has 0 amide bonds. The van der Waals surface area contributed by atoms with Crippen molar-refractivity contribution in [3.63, 3.8) is 0 Å². The first kappa shape index (κ1) is 19.5. The second-order valence-corrected chi connectivity index (χ2v) is 6.61. The lowest BCUT2D eigenvalue weighted by atomic mass is 10.1. The average Bonchev–Trinajstić information content (AvgIpc) is 2.75. The predicted molar refractivity (Wildman–Crippen MR) is 112 cm³/mol. The summed E-state index contributed by atoms with van der Waals surface area (Å²) in [4.78, 5) is 12.3. The fourth-order valence-electron chi connectivity index (χ4n) is 2.59. The molecule has 4 rings (SSSR count). The van der Waals surface area contributed by atoms with Crippen LogP contribution in [0.1, 0.15) is 5.56 Å². The van der Waals surface area contributed by atoms with Crippen molar-refractivity contribution in [3.8, 4) is 11.1 Å². The molecule has 3 aromatic carbocycles. The number of benzene rings is 3. The third-order valence-electron chi connectivity index (χ3n) is 3.94. The lowest BCUT2D eigenvalue weighted by Gasteiger charge is -2.01. The van der Waals surface area contributed by atoms with Gasteiger partial charge in [-0.3, -0.25) is 9.00 Å². The quantitative estimate of drug-likeness (QED) is 0.463. The van der Waals surface area contributed by atoms with Gasteiger partial charge in [-0.05, 0) is 45.8 Å². The van der Waals surface area contributed by atoms with Gasteiger partial charge in [0.1, 0.15) is 11.8 Å². The second-order valence-electron chi connectivity index (χ2n) is 5.81. The fraction of sp³-hybridized carbons (Fsp3) is 0. The third kappa shape index (κ3) is 5.13. The minimum absolute atomic E-state index is 0.0121. The summed E-state index contributed by atoms with van der Waals surface area (Å²) >= 11 is -2.10. The van der Waals surface area contributed by atoms with E-state index in [0.717, 1.165) is 16.5 Å². The van der Waals surface area contributed by atoms with Crippen LogP contribution in [0.25, 0.3) is 28.2 Å². The van der Waals surface area contributed by atoms with Crippen molar-refractivity contribution >= 4 is 28.1 Å². The molecule has 28 heavy (non-hydrogen) atoms. The van der Waals surface area contributed by atoms with Gasteiger partial charge < -0.3 is 8.97 Å². The van der Waals surface area contributed by atoms with Crippen LogP contribution < -0.4 is 5.43 Å². The van der Waals surface area contributed by atoms with Crippen molar-refractivity contribution in [1.29, 1.82) is 0 Å². The molecule has 0 fully saturated rings. The molecule has 140 valence electrons. The van der Waals surface area contributed by atoms with Gasteiger partial charge in [-0.25, -0.2) is 0 Å². The maximum atomic E-state index is 12.3. The van der Waals surface area contributed by atoms with Gasteiger partial charge in [-0.15, -0.1) is 0 Å². The zero-order chi connectivity index (χ0) is 19.8. The molecular weight excluding hydrogens is 372 g/mol. The molecule has 1 atom stereocenters. The average molecular weight is 389 g/mol. The Hall–Kier alpha value is -3.28. The van der Waals surface area contributed by atoms with Crippen molar-refractivity contribution in [1.82, 2.24) is 0 Å². The molecule has 0 aliphatic rings. The molecule has 0 aliphatic heterocycles. The van der Waals surface area contributed by atoms with Gasteiger partial charge in [0, 0.05) is 0 Å². The molecular formula is C23H17O4S-. The Balaban J connectivity index is 0.000000178. The summed E-state index contributed by atoms with van der Waals surface area (Å²) in [5, 5.41) is 1.74. The van der Waals surface area contributed by atoms with Crippen LogP contribution in [0.2, 0.25) is 0 Å². The predicted octanol–water partition coefficient (Wildman–Crippen LogP) is 5.00. The minimum Gasteiger partial charge on any atom is -0.769 e. The number of rotatable bonds is 3. The summed E-state index contributed by atoms with van der Waals surface area (Å²) < 4.78 is 25.6. The standard InChI is InChI=1S/C15H10O2.C8H8O2S/c16-15-12-8-4-5-9-14(12)17-10-13(15)11-6-2-1-3-7-11;9-11(10)7-6-8-4-2-1-3-5-8/h1-10H;1-7H,(H,9,10)/p-1. The molecule has 0 spiro atoms. The number of hydrogen-bond donors (Lipinski definition) is 0. The van der Waals surface area contributed by atoms with Crippen LogP contribution in [-0.2, 0) is 11.1 Å². The maximum Gasteiger partial charge on any atom is 0.200 e. The van der Waals surface area contributed by atoms with E-state index >= 15 is 0 Å². The molecule has 5 heteroatoms. The highest BCUT2D eigenvalue weighted by Crippen LogP contribution is 2.18. The van der Waals surface area contributed by atoms with Crippen LogP contribution in [0, 0.1) is 0 Å². The Bertz CT molecular complexity index is 1150. The fourth-order valence-corrected chi connectivity index (χ4v) is 2.86. The van der Waals surface area contributed by atoms with Gasteiger partial charge in [0.15, 0.2) is 5.43 Å². The Kier molecular flexibility index (Phi) is 6.68. The van der Waals surface area contributed by atoms with Crippen molar-refractivity contribution in [3.05, 3.63) is 112 Å². The van der Waals surface area contributed by atoms with E-state index in [0.29, 0.717) is 16.5 Å². The molecule has 0 saturated carbocycles. The van der Waals surface area contributed by atoms with Crippen molar-refractivity contribution in [2.75, 3.05) is 0 Å². The van der Waals surface area contributed by atoms with Crippen molar-refractivity contribution in [2.45, 2.75) is 0 Å². The largest absolute Gasteiger partial charge is 0.769 e. The second kappa shape index (κ2) is 9.60. The number of para-hydroxylation sites is 1. The van der Waals surface area contributed by atoms with Crippen LogP contribution >= 0.6 is 0 Å². The summed E-state index contributed by atoms with van der Waals surface area (Å²) in [6.07, 6.45) is 3.07. The lowest BCUT2D eigenvalue weighted by molar-refractivity contribution is 0.546. The zero-order valence-electron chi connectivity index (χ0n) is 14.9. The first-order valence-corrected chi connectivity index (χ1v) is 9.66. The van der Waals surface area contributed by atoms with E-state index in [4.69, 9.17) is 4.42 Å². The summed E-state index contributed by atoms with van der Waals surface area (Å²) in [7, 11) is 0. The van der Waals surface area contributed by atoms with Gasteiger partial charge in [0.05, 0.1) is 10.9 Å². The molecule has 0 saturated heterocycles. The van der Waals surface area contributed by atoms with Crippen molar-refractivity contribution in [2.24, 2.45) is 0 Å². The van der Waals surface area contributed by atoms with Crippen LogP contribution in [0.3, 0.4) is 0 Å². The lowest BCUT2D eigenvalue weighted by Crippen LogP contribution is -2.04. The van der Waals surface area contributed by atoms with Crippen molar-refractivity contribution < 1.29 is 13.2 Å². The van der Waals surface area contributed by atoms with Crippen LogP contribution in [0.5, 0.6) is 0 Å². The van der Waals surface area contributed by atoms with E-state index in [1.165, 1.54) is 6.26 Å². The Morgan fingerprint density at radius 2 is 1.43 bits per heavy atom. The van der Waals surface area contributed by atoms with E-state index in [-0.39, 0.29) is 5.43 Å². The molecule has 1 heterocycles. The topological polar surface area (TPSA) is 70.3 Å². The molecule has 1 unspecified atom stereocenters. The summed E-state index contributed by atoms with van der Waals surface area (Å²) in [6.45, 7) is 0. The molecule has 1 aromatic heterocycles. The summed E-state index contributed by atoms with van der Waals surface area (Å²) in [5.41, 5.74) is 3.00. The third-order valence-corrected chi connectivity index (χ3v) is 4.29. The molecule has 0 aliphatic carbocycles. The Morgan fingerprint density at radius 3 is 2.11 bits per heavy atom. The molecule has 4 aromatic rings. The first-order chi connectivity index (χ1) is 13.6. The SMILES string of the molecule is O=S([O-])C=Cc1ccccc1.O=c1c(-c2ccccc2)coc2ccccc12. The normalized spacial score (nSPS) is 11.8. The van der Waals surface area contributed by atoms with Gasteiger partial charge in [-0.2, -0.15) is 0 Å². The molecule has 0 N–H and O–H groups in total. The molecule has 4 nitrogen and oxygen atoms in total. The van der Waals surface area contributed by atoms with Crippen LogP contribution in [0.15, 0.2) is 106 Å². The summed E-state index contributed by atoms with van der Waals surface area (Å²) in [5.74, 6) is 0. The molecule has 0 bridgehead atoms. The molecule has 0 radical (unpaired) electrons. The minimum atomic E-state index is -2.10. The zero-order valence-corrected chi connectivity index (χ0v) is 15.7. The highest BCUT2D eigenvalue weighted by molar-refractivity contribution is 7.82. The Morgan fingerprint density at radius 1 is 0.821 bits per heavy atom. The van der Waals surface area contributed by atoms with Gasteiger partial charge in [-0.1, -0.05) is 72.8 Å². The highest BCUT2D eigenvalue weighted by Gasteiger charge is 2.07. The Labute approximate surface area is 165 Å². The smallest absolute Gasteiger partial charge is 0.200 e. The van der Waals surface area contributed by atoms with E-state index in [9.17, 15) is 13.6 Å². The van der Waals surface area contributed by atoms with E-state index in [1.807, 2.05) is 72.8 Å². The van der Waals surface area contributed by atoms with E-state index in [1.54, 1.807) is 18.2 Å². The van der Waals surface area contributed by atoms with Gasteiger partial charge in [0.25, 0.3) is 0 Å². The van der Waals surface area contributed by atoms with Gasteiger partial charge in [0.2, 0.25) is 0 Å². The van der Waals surface area contributed by atoms with E-state index < -0.39 is 11.1 Å². The van der Waals surface area contributed by atoms with Gasteiger partial charge >= 0.3 is 0 Å². The number of fused-ring (bicyclic) bond motifs is 1.